The van der Waals surface area contributed by atoms with Crippen LogP contribution in [0.1, 0.15) is 96.1 Å². The second-order valence-corrected chi connectivity index (χ2v) is 21.6. The van der Waals surface area contributed by atoms with Crippen molar-refractivity contribution in [1.29, 1.82) is 0 Å². The van der Waals surface area contributed by atoms with E-state index in [4.69, 9.17) is 51.6 Å². The van der Waals surface area contributed by atoms with Gasteiger partial charge in [-0.3, -0.25) is 63.3 Å². The molecule has 1 aliphatic heterocycles. The summed E-state index contributed by atoms with van der Waals surface area (Å²) in [6.07, 6.45) is 1.63. The molecule has 0 saturated carbocycles. The van der Waals surface area contributed by atoms with Crippen molar-refractivity contribution in [2.24, 2.45) is 77.5 Å². The lowest BCUT2D eigenvalue weighted by Crippen LogP contribution is -2.62. The van der Waals surface area contributed by atoms with Crippen molar-refractivity contribution in [2.75, 3.05) is 32.7 Å². The summed E-state index contributed by atoms with van der Waals surface area (Å²) in [5, 5.41) is 49.3. The zero-order valence-electron chi connectivity index (χ0n) is 50.4. The Morgan fingerprint density at radius 3 is 1.42 bits per heavy atom. The van der Waals surface area contributed by atoms with E-state index < -0.39 is 120 Å². The number of aliphatic imine (C=N–C) groups is 4. The van der Waals surface area contributed by atoms with Crippen molar-refractivity contribution in [3.05, 3.63) is 59.9 Å². The van der Waals surface area contributed by atoms with Crippen LogP contribution in [0, 0.1) is 5.92 Å². The number of hydrogen-bond acceptors (Lipinski definition) is 17. The van der Waals surface area contributed by atoms with Gasteiger partial charge in [-0.25, -0.2) is 4.79 Å². The first-order valence-corrected chi connectivity index (χ1v) is 29.1. The number of nitrogens with one attached hydrogen (secondary N) is 7. The summed E-state index contributed by atoms with van der Waals surface area (Å²) in [6, 6.07) is -3.45. The Morgan fingerprint density at radius 1 is 0.562 bits per heavy atom. The molecular weight excluding hydrogens is 1160 g/mol. The van der Waals surface area contributed by atoms with E-state index in [1.54, 1.807) is 38.4 Å². The van der Waals surface area contributed by atoms with Gasteiger partial charge in [0.15, 0.2) is 23.8 Å². The molecule has 2 aromatic rings. The third-order valence-corrected chi connectivity index (χ3v) is 14.0. The van der Waals surface area contributed by atoms with E-state index in [9.17, 15) is 58.5 Å². The Kier molecular flexibility index (Phi) is 31.3. The van der Waals surface area contributed by atoms with Crippen molar-refractivity contribution in [3.63, 3.8) is 0 Å². The second-order valence-electron chi connectivity index (χ2n) is 21.6. The monoisotopic (exact) mass is 1250 g/mol. The van der Waals surface area contributed by atoms with Crippen LogP contribution >= 0.6 is 0 Å². The molecular formula is C55H90N22O12. The van der Waals surface area contributed by atoms with E-state index in [0.717, 1.165) is 4.90 Å². The van der Waals surface area contributed by atoms with E-state index in [1.807, 2.05) is 0 Å². The van der Waals surface area contributed by atoms with Crippen molar-refractivity contribution < 1.29 is 58.5 Å². The number of aliphatic hydroxyl groups excluding tert-OH is 1. The Morgan fingerprint density at radius 2 is 1.00 bits per heavy atom. The fraction of sp³-hybridized carbons (Fsp3) is 0.564. The predicted molar refractivity (Wildman–Crippen MR) is 330 cm³/mol. The second kappa shape index (κ2) is 37.8. The molecule has 0 bridgehead atoms. The van der Waals surface area contributed by atoms with Crippen LogP contribution in [0.2, 0.25) is 0 Å². The molecule has 28 N–H and O–H groups in total. The molecule has 8 amide bonds. The first-order chi connectivity index (χ1) is 42.1. The molecule has 89 heavy (non-hydrogen) atoms. The fourth-order valence-electron chi connectivity index (χ4n) is 9.29. The number of aliphatic carboxylic acids is 1. The molecule has 492 valence electrons. The minimum atomic E-state index is -1.62. The molecule has 3 rings (SSSR count). The number of phenolic OH excluding ortho intramolecular Hbond substituents is 1. The lowest BCUT2D eigenvalue weighted by atomic mass is 10.0. The molecule has 0 radical (unpaired) electrons. The Bertz CT molecular complexity index is 2790. The number of aliphatic hydroxyl groups is 1. The van der Waals surface area contributed by atoms with Gasteiger partial charge in [-0.05, 0) is 113 Å². The Labute approximate surface area is 515 Å². The number of nitrogens with two attached hydrogens (primary N) is 9. The predicted octanol–water partition coefficient (Wildman–Crippen LogP) is -6.38. The quantitative estimate of drug-likeness (QED) is 0.0169. The van der Waals surface area contributed by atoms with Crippen molar-refractivity contribution >= 4 is 77.1 Å². The minimum Gasteiger partial charge on any atom is -0.508 e. The van der Waals surface area contributed by atoms with Gasteiger partial charge < -0.3 is 109 Å². The minimum absolute atomic E-state index is 0.00497. The largest absolute Gasteiger partial charge is 0.508 e. The SMILES string of the molecule is CC(C)[C@H](NC(=O)[C@@H](N)Cc1cccnc1)C(=O)N[C@H](C(=O)N1CCC[C@H]1C(=O)N[C@@H](Cc1ccc(O)cc1)C(=O)N[C@@H](CCCN=C(N)N)C(=O)N[C@@H](CCCN=C(N)N)C(=O)N[C@@H](CCCN=C(N)N)C(=O)N[C@@H](CCCN=C(N)N)C(=O)O)[C@@H](C)O. The van der Waals surface area contributed by atoms with Gasteiger partial charge in [-0.1, -0.05) is 32.0 Å². The van der Waals surface area contributed by atoms with Crippen LogP contribution in [-0.4, -0.2) is 195 Å². The van der Waals surface area contributed by atoms with Gasteiger partial charge in [0.05, 0.1) is 12.1 Å². The van der Waals surface area contributed by atoms with Crippen molar-refractivity contribution in [2.45, 2.75) is 158 Å². The van der Waals surface area contributed by atoms with Crippen LogP contribution in [0.5, 0.6) is 5.75 Å². The number of carboxylic acid groups (broad SMARTS) is 1. The van der Waals surface area contributed by atoms with Crippen LogP contribution < -0.4 is 88.8 Å². The standard InChI is InChI=1S/C55H90N22O12/c1-29(2)41(75-43(80)34(56)26-32-10-4-20-65-28-32)49(86)76-42(30(3)78)50(87)77-25-9-15-40(77)48(85)74-39(27-31-16-18-33(79)19-17-31)47(84)72-36(12-6-22-67-53(59)60)45(82)70-35(11-5-21-66-52(57)58)44(81)71-37(13-7-23-68-54(61)62)46(83)73-38(51(88)89)14-8-24-69-55(63)64/h4,10,16-20,28-30,34-42,78-79H,5-9,11-15,21-27,56H2,1-3H3,(H,70,82)(H,71,81)(H,72,84)(H,73,83)(H,74,85)(H,75,80)(H,76,86)(H,88,89)(H4,57,58,66)(H4,59,60,67)(H4,61,62,68)(H4,63,64,69)/t30-,34+,35+,36+,37+,38+,39+,40+,41+,42+/m1/s1. The average Bonchev–Trinajstić information content (AvgIpc) is 2.21. The summed E-state index contributed by atoms with van der Waals surface area (Å²) in [5.74, 6) is -9.90. The van der Waals surface area contributed by atoms with Gasteiger partial charge in [-0.2, -0.15) is 0 Å². The van der Waals surface area contributed by atoms with Crippen LogP contribution in [0.25, 0.3) is 0 Å². The maximum atomic E-state index is 14.7. The first-order valence-electron chi connectivity index (χ1n) is 29.1. The third-order valence-electron chi connectivity index (χ3n) is 14.0. The lowest BCUT2D eigenvalue weighted by molar-refractivity contribution is -0.145. The summed E-state index contributed by atoms with van der Waals surface area (Å²) >= 11 is 0. The van der Waals surface area contributed by atoms with E-state index in [2.05, 4.69) is 62.2 Å². The van der Waals surface area contributed by atoms with E-state index in [-0.39, 0.29) is 139 Å². The molecule has 0 unspecified atom stereocenters. The molecule has 1 fully saturated rings. The topological polar surface area (TPSA) is 598 Å². The van der Waals surface area contributed by atoms with Gasteiger partial charge in [0.25, 0.3) is 0 Å². The Balaban J connectivity index is 1.98. The molecule has 2 heterocycles. The fourth-order valence-corrected chi connectivity index (χ4v) is 9.29. The number of carboxylic acids is 1. The number of guanidine groups is 4. The molecule has 0 spiro atoms. The summed E-state index contributed by atoms with van der Waals surface area (Å²) in [6.45, 7) is 4.57. The number of nitrogens with zero attached hydrogens (tertiary/aromatic N) is 6. The summed E-state index contributed by atoms with van der Waals surface area (Å²) < 4.78 is 0. The smallest absolute Gasteiger partial charge is 0.326 e. The lowest BCUT2D eigenvalue weighted by Gasteiger charge is -2.32. The highest BCUT2D eigenvalue weighted by Crippen LogP contribution is 2.21. The molecule has 34 nitrogen and oxygen atoms in total. The first kappa shape index (κ1) is 73.7. The highest BCUT2D eigenvalue weighted by molar-refractivity contribution is 5.98. The van der Waals surface area contributed by atoms with Crippen LogP contribution in [0.3, 0.4) is 0 Å². The number of carbonyl (C=O) groups is 9. The highest BCUT2D eigenvalue weighted by atomic mass is 16.4. The summed E-state index contributed by atoms with van der Waals surface area (Å²) in [4.78, 5) is 147. The van der Waals surface area contributed by atoms with Gasteiger partial charge in [0, 0.05) is 51.5 Å². The molecule has 10 atom stereocenters. The number of aromatic nitrogens is 1. The zero-order valence-corrected chi connectivity index (χ0v) is 50.4. The molecule has 1 aromatic heterocycles. The number of rotatable bonds is 38. The van der Waals surface area contributed by atoms with Crippen LogP contribution in [-0.2, 0) is 56.0 Å². The number of likely N-dealkylation sites (tertiary alicyclic amines) is 1. The van der Waals surface area contributed by atoms with Gasteiger partial charge in [0.2, 0.25) is 47.3 Å². The highest BCUT2D eigenvalue weighted by Gasteiger charge is 2.42. The third kappa shape index (κ3) is 26.9. The number of amides is 8. The number of hydrogen-bond donors (Lipinski definition) is 19. The molecule has 0 aliphatic carbocycles. The van der Waals surface area contributed by atoms with E-state index in [1.165, 1.54) is 31.2 Å². The maximum Gasteiger partial charge on any atom is 0.326 e. The van der Waals surface area contributed by atoms with Crippen molar-refractivity contribution in [3.8, 4) is 5.75 Å². The number of pyridine rings is 1. The maximum absolute atomic E-state index is 14.7. The van der Waals surface area contributed by atoms with Crippen LogP contribution in [0.4, 0.5) is 0 Å². The number of phenols is 1. The summed E-state index contributed by atoms with van der Waals surface area (Å²) in [5.41, 5.74) is 51.3. The Hall–Kier alpha value is -9.60. The van der Waals surface area contributed by atoms with Gasteiger partial charge in [0.1, 0.15) is 54.1 Å². The summed E-state index contributed by atoms with van der Waals surface area (Å²) in [7, 11) is 0. The van der Waals surface area contributed by atoms with Crippen LogP contribution in [0.15, 0.2) is 68.8 Å². The van der Waals surface area contributed by atoms with E-state index >= 15 is 0 Å². The molecule has 1 aromatic carbocycles. The van der Waals surface area contributed by atoms with Gasteiger partial charge in [-0.15, -0.1) is 0 Å². The number of carbonyl (C=O) groups excluding carboxylic acids is 8. The number of aromatic hydroxyl groups is 1. The van der Waals surface area contributed by atoms with E-state index in [0.29, 0.717) is 11.1 Å². The zero-order chi connectivity index (χ0) is 66.3. The molecule has 1 aliphatic rings. The normalized spacial score (nSPS) is 15.7. The average molecular weight is 1250 g/mol. The molecule has 34 heteroatoms. The molecule has 1 saturated heterocycles. The van der Waals surface area contributed by atoms with Crippen molar-refractivity contribution in [1.82, 2.24) is 47.1 Å². The number of benzene rings is 1. The van der Waals surface area contributed by atoms with Gasteiger partial charge >= 0.3 is 5.97 Å².